The van der Waals surface area contributed by atoms with Crippen molar-refractivity contribution in [2.75, 3.05) is 13.2 Å². The highest BCUT2D eigenvalue weighted by atomic mass is 16.5. The van der Waals surface area contributed by atoms with Crippen LogP contribution in [0.15, 0.2) is 61.2 Å². The van der Waals surface area contributed by atoms with Crippen molar-refractivity contribution in [1.29, 1.82) is 0 Å². The molecule has 0 radical (unpaired) electrons. The number of rotatable bonds is 23. The fourth-order valence-corrected chi connectivity index (χ4v) is 6.15. The van der Waals surface area contributed by atoms with Gasteiger partial charge in [-0.1, -0.05) is 103 Å². The van der Waals surface area contributed by atoms with Gasteiger partial charge in [0.05, 0.1) is 18.8 Å². The van der Waals surface area contributed by atoms with Gasteiger partial charge in [0.15, 0.2) is 0 Å². The number of benzene rings is 2. The molecular formula is C39H58O4. The summed E-state index contributed by atoms with van der Waals surface area (Å²) in [7, 11) is 0. The normalized spacial score (nSPS) is 16.5. The molecule has 0 unspecified atom stereocenters. The van der Waals surface area contributed by atoms with Crippen molar-refractivity contribution >= 4 is 5.97 Å². The van der Waals surface area contributed by atoms with Crippen molar-refractivity contribution in [2.24, 2.45) is 11.8 Å². The van der Waals surface area contributed by atoms with E-state index in [1.807, 2.05) is 30.3 Å². The summed E-state index contributed by atoms with van der Waals surface area (Å²) in [6.07, 6.45) is 26.9. The van der Waals surface area contributed by atoms with Gasteiger partial charge in [0.1, 0.15) is 17.2 Å². The minimum atomic E-state index is -0.372. The molecule has 1 aliphatic rings. The van der Waals surface area contributed by atoms with E-state index in [0.717, 1.165) is 49.2 Å². The topological polar surface area (TPSA) is 44.8 Å². The summed E-state index contributed by atoms with van der Waals surface area (Å²) in [5.41, 5.74) is 0.508. The number of carbonyl (C=O) groups is 1. The minimum Gasteiger partial charge on any atom is -0.494 e. The van der Waals surface area contributed by atoms with Crippen LogP contribution in [0.1, 0.15) is 139 Å². The molecule has 0 aromatic heterocycles. The molecule has 0 N–H and O–H groups in total. The summed E-state index contributed by atoms with van der Waals surface area (Å²) in [6, 6.07) is 14.6. The molecule has 4 nitrogen and oxygen atoms in total. The fraction of sp³-hybridized carbons (Fsp3) is 0.615. The van der Waals surface area contributed by atoms with Gasteiger partial charge in [-0.15, -0.1) is 6.58 Å². The first-order valence-corrected chi connectivity index (χ1v) is 17.5. The Morgan fingerprint density at radius 1 is 0.651 bits per heavy atom. The smallest absolute Gasteiger partial charge is 0.343 e. The lowest BCUT2D eigenvalue weighted by atomic mass is 9.78. The summed E-state index contributed by atoms with van der Waals surface area (Å²) >= 11 is 0. The monoisotopic (exact) mass is 590 g/mol. The Bertz CT molecular complexity index is 989. The average molecular weight is 591 g/mol. The van der Waals surface area contributed by atoms with Gasteiger partial charge in [-0.2, -0.15) is 0 Å². The van der Waals surface area contributed by atoms with E-state index in [9.17, 15) is 4.79 Å². The van der Waals surface area contributed by atoms with Crippen LogP contribution in [0.2, 0.25) is 0 Å². The second kappa shape index (κ2) is 21.9. The molecule has 0 heterocycles. The van der Waals surface area contributed by atoms with Crippen LogP contribution in [-0.4, -0.2) is 19.2 Å². The number of ether oxygens (including phenoxy) is 3. The van der Waals surface area contributed by atoms with Crippen molar-refractivity contribution in [2.45, 2.75) is 129 Å². The average Bonchev–Trinajstić information content (AvgIpc) is 3.04. The zero-order valence-electron chi connectivity index (χ0n) is 27.0. The zero-order valence-corrected chi connectivity index (χ0v) is 27.0. The Balaban J connectivity index is 1.23. The van der Waals surface area contributed by atoms with E-state index in [-0.39, 0.29) is 5.97 Å². The predicted molar refractivity (Wildman–Crippen MR) is 179 cm³/mol. The summed E-state index contributed by atoms with van der Waals surface area (Å²) in [5, 5.41) is 0. The molecule has 0 saturated heterocycles. The van der Waals surface area contributed by atoms with E-state index in [2.05, 4.69) is 13.5 Å². The van der Waals surface area contributed by atoms with Gasteiger partial charge in [-0.3, -0.25) is 0 Å². The number of carbonyl (C=O) groups excluding carboxylic acids is 1. The van der Waals surface area contributed by atoms with Gasteiger partial charge in [0, 0.05) is 0 Å². The van der Waals surface area contributed by atoms with Crippen LogP contribution in [0.4, 0.5) is 0 Å². The number of esters is 1. The van der Waals surface area contributed by atoms with Crippen LogP contribution in [0.5, 0.6) is 17.2 Å². The van der Waals surface area contributed by atoms with E-state index in [4.69, 9.17) is 14.2 Å². The molecule has 0 aliphatic heterocycles. The lowest BCUT2D eigenvalue weighted by Crippen LogP contribution is -2.15. The predicted octanol–water partition coefficient (Wildman–Crippen LogP) is 11.5. The Hall–Kier alpha value is -2.75. The van der Waals surface area contributed by atoms with Gasteiger partial charge in [0.25, 0.3) is 0 Å². The molecule has 2 aromatic carbocycles. The van der Waals surface area contributed by atoms with Gasteiger partial charge >= 0.3 is 5.97 Å². The van der Waals surface area contributed by atoms with Crippen LogP contribution >= 0.6 is 0 Å². The third-order valence-corrected chi connectivity index (χ3v) is 8.90. The first-order chi connectivity index (χ1) is 21.2. The third-order valence-electron chi connectivity index (χ3n) is 8.90. The first-order valence-electron chi connectivity index (χ1n) is 17.5. The number of hydrogen-bond donors (Lipinski definition) is 0. The molecule has 2 aromatic rings. The zero-order chi connectivity index (χ0) is 30.4. The van der Waals surface area contributed by atoms with E-state index < -0.39 is 0 Å². The quantitative estimate of drug-likeness (QED) is 0.0559. The second-order valence-electron chi connectivity index (χ2n) is 12.5. The Kier molecular flexibility index (Phi) is 17.7. The Morgan fingerprint density at radius 2 is 1.14 bits per heavy atom. The molecule has 1 aliphatic carbocycles. The SMILES string of the molecule is C=CCCCCCCCCOc1ccc(C(=O)Oc2ccc(OCCCC3CCC(CCCCCCC)CC3)cc2)cc1. The second-order valence-corrected chi connectivity index (χ2v) is 12.5. The Morgan fingerprint density at radius 3 is 1.77 bits per heavy atom. The summed E-state index contributed by atoms with van der Waals surface area (Å²) in [5.74, 6) is 3.59. The van der Waals surface area contributed by atoms with Gasteiger partial charge in [-0.05, 0) is 92.5 Å². The van der Waals surface area contributed by atoms with Crippen molar-refractivity contribution in [3.8, 4) is 17.2 Å². The third kappa shape index (κ3) is 15.0. The molecule has 0 amide bonds. The molecule has 238 valence electrons. The first kappa shape index (κ1) is 34.7. The van der Waals surface area contributed by atoms with Crippen LogP contribution in [0, 0.1) is 11.8 Å². The summed E-state index contributed by atoms with van der Waals surface area (Å²) in [4.78, 5) is 12.6. The molecule has 0 atom stereocenters. The molecule has 4 heteroatoms. The van der Waals surface area contributed by atoms with Crippen LogP contribution in [0.25, 0.3) is 0 Å². The molecule has 1 fully saturated rings. The maximum atomic E-state index is 12.6. The van der Waals surface area contributed by atoms with E-state index >= 15 is 0 Å². The molecular weight excluding hydrogens is 532 g/mol. The van der Waals surface area contributed by atoms with Gasteiger partial charge in [-0.25, -0.2) is 4.79 Å². The Labute approximate surface area is 262 Å². The number of hydrogen-bond acceptors (Lipinski definition) is 4. The van der Waals surface area contributed by atoms with Gasteiger partial charge < -0.3 is 14.2 Å². The minimum absolute atomic E-state index is 0.372. The molecule has 0 spiro atoms. The van der Waals surface area contributed by atoms with E-state index in [0.29, 0.717) is 17.9 Å². The highest BCUT2D eigenvalue weighted by Crippen LogP contribution is 2.34. The van der Waals surface area contributed by atoms with Crippen LogP contribution in [-0.2, 0) is 0 Å². The molecule has 0 bridgehead atoms. The summed E-state index contributed by atoms with van der Waals surface area (Å²) in [6.45, 7) is 7.49. The van der Waals surface area contributed by atoms with Crippen molar-refractivity contribution in [3.05, 3.63) is 66.7 Å². The lowest BCUT2D eigenvalue weighted by molar-refractivity contribution is 0.0734. The highest BCUT2D eigenvalue weighted by molar-refractivity contribution is 5.91. The molecule has 3 rings (SSSR count). The highest BCUT2D eigenvalue weighted by Gasteiger charge is 2.20. The van der Waals surface area contributed by atoms with Crippen molar-refractivity contribution < 1.29 is 19.0 Å². The van der Waals surface area contributed by atoms with Gasteiger partial charge in [0.2, 0.25) is 0 Å². The van der Waals surface area contributed by atoms with Crippen molar-refractivity contribution in [1.82, 2.24) is 0 Å². The fourth-order valence-electron chi connectivity index (χ4n) is 6.15. The lowest BCUT2D eigenvalue weighted by Gasteiger charge is -2.28. The van der Waals surface area contributed by atoms with E-state index in [1.165, 1.54) is 103 Å². The number of unbranched alkanes of at least 4 members (excludes halogenated alkanes) is 10. The standard InChI is InChI=1S/C39H58O4/c1-3-5-7-9-10-11-13-15-31-41-36-25-23-35(24-26-36)39(40)43-38-29-27-37(28-30-38)42-32-16-18-34-21-19-33(20-22-34)17-14-12-8-6-4-2/h3,23-30,33-34H,1,4-22,31-32H2,2H3. The van der Waals surface area contributed by atoms with E-state index in [1.54, 1.807) is 24.3 Å². The van der Waals surface area contributed by atoms with Crippen molar-refractivity contribution in [3.63, 3.8) is 0 Å². The van der Waals surface area contributed by atoms with Crippen LogP contribution in [0.3, 0.4) is 0 Å². The van der Waals surface area contributed by atoms with Crippen LogP contribution < -0.4 is 14.2 Å². The maximum absolute atomic E-state index is 12.6. The molecule has 1 saturated carbocycles. The largest absolute Gasteiger partial charge is 0.494 e. The molecule has 43 heavy (non-hydrogen) atoms. The summed E-state index contributed by atoms with van der Waals surface area (Å²) < 4.78 is 17.4. The maximum Gasteiger partial charge on any atom is 0.343 e. The number of allylic oxidation sites excluding steroid dienone is 1.